The van der Waals surface area contributed by atoms with Crippen molar-refractivity contribution in [1.82, 2.24) is 0 Å². The van der Waals surface area contributed by atoms with Gasteiger partial charge >= 0.3 is 0 Å². The first kappa shape index (κ1) is 17.6. The standard InChI is InChI=1S/C12H32O2Si3/c1-11(2)17(7,8)14-12(3,4)15-9-10-16(5,6)13/h11,13H,9-10,15H2,1-8H3. The van der Waals surface area contributed by atoms with Crippen LogP contribution in [-0.2, 0) is 4.43 Å². The molecule has 0 unspecified atom stereocenters. The number of rotatable bonds is 7. The molecule has 0 aromatic carbocycles. The van der Waals surface area contributed by atoms with Gasteiger partial charge in [0.1, 0.15) is 0 Å². The second kappa shape index (κ2) is 6.14. The van der Waals surface area contributed by atoms with Gasteiger partial charge in [-0.05, 0) is 51.6 Å². The van der Waals surface area contributed by atoms with E-state index in [0.717, 1.165) is 6.04 Å². The molecule has 0 aromatic heterocycles. The summed E-state index contributed by atoms with van der Waals surface area (Å²) in [7, 11) is -3.64. The molecule has 104 valence electrons. The molecule has 0 bridgehead atoms. The third-order valence-electron chi connectivity index (χ3n) is 3.50. The first-order valence-electron chi connectivity index (χ1n) is 6.78. The SMILES string of the molecule is CC(C)[Si](C)(C)OC(C)(C)[SiH2]CC[Si](C)(C)O. The minimum atomic E-state index is -1.85. The van der Waals surface area contributed by atoms with Gasteiger partial charge in [0.2, 0.25) is 0 Å². The number of hydrogen-bond donors (Lipinski definition) is 1. The Bertz CT molecular complexity index is 232. The zero-order valence-corrected chi connectivity index (χ0v) is 16.5. The van der Waals surface area contributed by atoms with Crippen LogP contribution in [-0.4, -0.2) is 36.2 Å². The maximum Gasteiger partial charge on any atom is 0.189 e. The van der Waals surface area contributed by atoms with Crippen molar-refractivity contribution in [2.24, 2.45) is 0 Å². The normalized spacial score (nSPS) is 15.2. The van der Waals surface area contributed by atoms with Crippen LogP contribution in [0.5, 0.6) is 0 Å². The summed E-state index contributed by atoms with van der Waals surface area (Å²) in [6.07, 6.45) is 0. The summed E-state index contributed by atoms with van der Waals surface area (Å²) in [5.41, 5.74) is 0.666. The average Bonchev–Trinajstić information content (AvgIpc) is 1.97. The van der Waals surface area contributed by atoms with Crippen LogP contribution in [0.4, 0.5) is 0 Å². The van der Waals surface area contributed by atoms with Crippen molar-refractivity contribution in [2.75, 3.05) is 0 Å². The molecule has 0 aromatic rings. The molecule has 1 N–H and O–H groups in total. The predicted octanol–water partition coefficient (Wildman–Crippen LogP) is 3.14. The Morgan fingerprint density at radius 2 is 1.65 bits per heavy atom. The Labute approximate surface area is 112 Å². The van der Waals surface area contributed by atoms with Crippen LogP contribution in [0.3, 0.4) is 0 Å². The van der Waals surface area contributed by atoms with E-state index in [1.54, 1.807) is 0 Å². The molecule has 0 saturated carbocycles. The summed E-state index contributed by atoms with van der Waals surface area (Å²) in [5.74, 6) is 0. The highest BCUT2D eigenvalue weighted by atomic mass is 28.4. The number of hydrogen-bond acceptors (Lipinski definition) is 2. The molecule has 5 heteroatoms. The molecule has 0 radical (unpaired) electrons. The van der Waals surface area contributed by atoms with Gasteiger partial charge in [-0.3, -0.25) is 0 Å². The van der Waals surface area contributed by atoms with Crippen molar-refractivity contribution < 1.29 is 9.22 Å². The second-order valence-corrected chi connectivity index (χ2v) is 18.9. The summed E-state index contributed by atoms with van der Waals surface area (Å²) in [6.45, 7) is 17.7. The Morgan fingerprint density at radius 1 is 1.18 bits per heavy atom. The highest BCUT2D eigenvalue weighted by Gasteiger charge is 2.34. The maximum absolute atomic E-state index is 9.86. The molecule has 0 aliphatic carbocycles. The molecule has 2 nitrogen and oxygen atoms in total. The van der Waals surface area contributed by atoms with Crippen LogP contribution < -0.4 is 0 Å². The largest absolute Gasteiger partial charge is 0.432 e. The molecule has 0 spiro atoms. The van der Waals surface area contributed by atoms with E-state index in [1.807, 2.05) is 13.1 Å². The Hall–Kier alpha value is 0.571. The quantitative estimate of drug-likeness (QED) is 0.731. The van der Waals surface area contributed by atoms with Gasteiger partial charge in [-0.15, -0.1) is 0 Å². The van der Waals surface area contributed by atoms with E-state index in [2.05, 4.69) is 40.8 Å². The van der Waals surface area contributed by atoms with Crippen molar-refractivity contribution >= 4 is 26.2 Å². The van der Waals surface area contributed by atoms with Crippen molar-refractivity contribution in [3.63, 3.8) is 0 Å². The monoisotopic (exact) mass is 292 g/mol. The summed E-state index contributed by atoms with van der Waals surface area (Å²) in [4.78, 5) is 9.86. The molecule has 0 rings (SSSR count). The molecule has 0 heterocycles. The lowest BCUT2D eigenvalue weighted by molar-refractivity contribution is 0.179. The Kier molecular flexibility index (Phi) is 6.35. The highest BCUT2D eigenvalue weighted by Crippen LogP contribution is 2.27. The van der Waals surface area contributed by atoms with Crippen molar-refractivity contribution in [2.45, 2.75) is 76.7 Å². The van der Waals surface area contributed by atoms with Gasteiger partial charge in [0, 0.05) is 5.22 Å². The van der Waals surface area contributed by atoms with E-state index in [0.29, 0.717) is 5.54 Å². The molecule has 0 aliphatic rings. The van der Waals surface area contributed by atoms with E-state index in [9.17, 15) is 4.80 Å². The molecular weight excluding hydrogens is 260 g/mol. The van der Waals surface area contributed by atoms with Crippen molar-refractivity contribution in [1.29, 1.82) is 0 Å². The zero-order chi connectivity index (χ0) is 13.9. The predicted molar refractivity (Wildman–Crippen MR) is 85.6 cm³/mol. The fourth-order valence-corrected chi connectivity index (χ4v) is 10.0. The molecular formula is C12H32O2Si3. The van der Waals surface area contributed by atoms with Gasteiger partial charge in [0.25, 0.3) is 0 Å². The summed E-state index contributed by atoms with van der Waals surface area (Å²) in [6, 6.07) is 2.25. The van der Waals surface area contributed by atoms with Crippen LogP contribution in [0.1, 0.15) is 27.7 Å². The summed E-state index contributed by atoms with van der Waals surface area (Å²) >= 11 is 0. The molecule has 0 amide bonds. The third-order valence-corrected chi connectivity index (χ3v) is 12.0. The minimum absolute atomic E-state index is 0.0969. The summed E-state index contributed by atoms with van der Waals surface area (Å²) < 4.78 is 6.44. The van der Waals surface area contributed by atoms with Gasteiger partial charge in [0.15, 0.2) is 16.6 Å². The van der Waals surface area contributed by atoms with E-state index < -0.39 is 16.6 Å². The van der Waals surface area contributed by atoms with Crippen LogP contribution >= 0.6 is 0 Å². The van der Waals surface area contributed by atoms with Crippen molar-refractivity contribution in [3.8, 4) is 0 Å². The lowest BCUT2D eigenvalue weighted by Crippen LogP contribution is -2.46. The van der Waals surface area contributed by atoms with Crippen LogP contribution in [0.2, 0.25) is 43.8 Å². The van der Waals surface area contributed by atoms with Crippen LogP contribution in [0.25, 0.3) is 0 Å². The average molecular weight is 293 g/mol. The van der Waals surface area contributed by atoms with Crippen molar-refractivity contribution in [3.05, 3.63) is 0 Å². The van der Waals surface area contributed by atoms with Gasteiger partial charge in [-0.2, -0.15) is 0 Å². The lowest BCUT2D eigenvalue weighted by atomic mass is 10.5. The fourth-order valence-electron chi connectivity index (χ4n) is 1.83. The molecule has 17 heavy (non-hydrogen) atoms. The van der Waals surface area contributed by atoms with Gasteiger partial charge in [-0.25, -0.2) is 0 Å². The van der Waals surface area contributed by atoms with E-state index >= 15 is 0 Å². The molecule has 0 aliphatic heterocycles. The topological polar surface area (TPSA) is 29.5 Å². The molecule has 0 saturated heterocycles. The Morgan fingerprint density at radius 3 is 2.00 bits per heavy atom. The van der Waals surface area contributed by atoms with E-state index in [-0.39, 0.29) is 14.7 Å². The summed E-state index contributed by atoms with van der Waals surface area (Å²) in [5, 5.41) is 0.0969. The minimum Gasteiger partial charge on any atom is -0.432 e. The fraction of sp³-hybridized carbons (Fsp3) is 1.00. The van der Waals surface area contributed by atoms with E-state index in [1.165, 1.54) is 6.04 Å². The molecule has 0 atom stereocenters. The lowest BCUT2D eigenvalue weighted by Gasteiger charge is -2.37. The van der Waals surface area contributed by atoms with Gasteiger partial charge in [0.05, 0.1) is 9.52 Å². The highest BCUT2D eigenvalue weighted by molar-refractivity contribution is 6.73. The smallest absolute Gasteiger partial charge is 0.189 e. The Balaban J connectivity index is 4.21. The first-order valence-corrected chi connectivity index (χ1v) is 14.6. The maximum atomic E-state index is 9.86. The van der Waals surface area contributed by atoms with E-state index in [4.69, 9.17) is 4.43 Å². The van der Waals surface area contributed by atoms with Gasteiger partial charge < -0.3 is 9.22 Å². The first-order chi connectivity index (χ1) is 7.36. The van der Waals surface area contributed by atoms with Crippen LogP contribution in [0, 0.1) is 0 Å². The molecule has 0 fully saturated rings. The second-order valence-electron chi connectivity index (χ2n) is 7.29. The zero-order valence-electron chi connectivity index (χ0n) is 13.1. The van der Waals surface area contributed by atoms with Crippen LogP contribution in [0.15, 0.2) is 0 Å². The third kappa shape index (κ3) is 8.31. The van der Waals surface area contributed by atoms with Gasteiger partial charge in [-0.1, -0.05) is 19.9 Å².